The van der Waals surface area contributed by atoms with Crippen LogP contribution in [0.5, 0.6) is 0 Å². The molecule has 1 aliphatic rings. The minimum Gasteiger partial charge on any atom is -0.481 e. The second kappa shape index (κ2) is 4.61. The SMILES string of the molecule is CCC(N)C(=O)NCC1(C(=O)O)CCC1. The summed E-state index contributed by atoms with van der Waals surface area (Å²) in [6, 6.07) is -0.532. The molecule has 4 N–H and O–H groups in total. The van der Waals surface area contributed by atoms with E-state index < -0.39 is 17.4 Å². The van der Waals surface area contributed by atoms with Gasteiger partial charge in [0.1, 0.15) is 0 Å². The first-order valence-corrected chi connectivity index (χ1v) is 5.28. The first-order valence-electron chi connectivity index (χ1n) is 5.28. The minimum atomic E-state index is -0.820. The highest BCUT2D eigenvalue weighted by Gasteiger charge is 2.44. The lowest BCUT2D eigenvalue weighted by atomic mass is 9.69. The first kappa shape index (κ1) is 12.0. The van der Waals surface area contributed by atoms with Gasteiger partial charge in [0.25, 0.3) is 0 Å². The third-order valence-corrected chi connectivity index (χ3v) is 3.14. The van der Waals surface area contributed by atoms with Gasteiger partial charge in [-0.15, -0.1) is 0 Å². The molecule has 0 aromatic rings. The summed E-state index contributed by atoms with van der Waals surface area (Å²) in [6.45, 7) is 2.02. The first-order chi connectivity index (χ1) is 7.02. The molecule has 5 nitrogen and oxygen atoms in total. The van der Waals surface area contributed by atoms with Crippen molar-refractivity contribution in [2.45, 2.75) is 38.6 Å². The van der Waals surface area contributed by atoms with Crippen LogP contribution in [-0.2, 0) is 9.59 Å². The van der Waals surface area contributed by atoms with Gasteiger partial charge < -0.3 is 16.2 Å². The van der Waals surface area contributed by atoms with E-state index in [1.54, 1.807) is 0 Å². The smallest absolute Gasteiger partial charge is 0.311 e. The van der Waals surface area contributed by atoms with Crippen LogP contribution < -0.4 is 11.1 Å². The van der Waals surface area contributed by atoms with E-state index in [-0.39, 0.29) is 12.5 Å². The summed E-state index contributed by atoms with van der Waals surface area (Å²) in [5.41, 5.74) is 4.79. The van der Waals surface area contributed by atoms with Crippen LogP contribution in [0.4, 0.5) is 0 Å². The maximum absolute atomic E-state index is 11.4. The fraction of sp³-hybridized carbons (Fsp3) is 0.800. The van der Waals surface area contributed by atoms with E-state index in [9.17, 15) is 9.59 Å². The molecule has 1 amide bonds. The molecule has 1 atom stereocenters. The lowest BCUT2D eigenvalue weighted by Gasteiger charge is -2.37. The Hall–Kier alpha value is -1.10. The number of carboxylic acids is 1. The molecule has 0 saturated heterocycles. The number of hydrogen-bond donors (Lipinski definition) is 3. The van der Waals surface area contributed by atoms with Crippen LogP contribution in [0.1, 0.15) is 32.6 Å². The number of amides is 1. The number of hydrogen-bond acceptors (Lipinski definition) is 3. The number of nitrogens with two attached hydrogens (primary N) is 1. The van der Waals surface area contributed by atoms with E-state index in [1.807, 2.05) is 6.92 Å². The molecule has 0 aromatic carbocycles. The van der Waals surface area contributed by atoms with E-state index in [2.05, 4.69) is 5.32 Å². The molecule has 1 saturated carbocycles. The number of carbonyl (C=O) groups excluding carboxylic acids is 1. The summed E-state index contributed by atoms with van der Waals surface area (Å²) >= 11 is 0. The van der Waals surface area contributed by atoms with E-state index in [4.69, 9.17) is 10.8 Å². The van der Waals surface area contributed by atoms with Crippen LogP contribution >= 0.6 is 0 Å². The zero-order valence-corrected chi connectivity index (χ0v) is 8.95. The molecular formula is C10H18N2O3. The maximum Gasteiger partial charge on any atom is 0.311 e. The van der Waals surface area contributed by atoms with Gasteiger partial charge in [0.05, 0.1) is 11.5 Å². The standard InChI is InChI=1S/C10H18N2O3/c1-2-7(11)8(13)12-6-10(9(14)15)4-3-5-10/h7H,2-6,11H2,1H3,(H,12,13)(H,14,15). The average Bonchev–Trinajstić information content (AvgIpc) is 2.14. The van der Waals surface area contributed by atoms with Gasteiger partial charge in [0, 0.05) is 6.54 Å². The lowest BCUT2D eigenvalue weighted by molar-refractivity contribution is -0.154. The Morgan fingerprint density at radius 3 is 2.47 bits per heavy atom. The van der Waals surface area contributed by atoms with Crippen LogP contribution in [0.25, 0.3) is 0 Å². The van der Waals surface area contributed by atoms with Gasteiger partial charge in [-0.2, -0.15) is 0 Å². The number of carboxylic acid groups (broad SMARTS) is 1. The second-order valence-electron chi connectivity index (χ2n) is 4.17. The summed E-state index contributed by atoms with van der Waals surface area (Å²) < 4.78 is 0. The Morgan fingerprint density at radius 1 is 1.53 bits per heavy atom. The van der Waals surface area contributed by atoms with E-state index in [0.29, 0.717) is 19.3 Å². The van der Waals surface area contributed by atoms with Crippen LogP contribution in [0, 0.1) is 5.41 Å². The number of aliphatic carboxylic acids is 1. The quantitative estimate of drug-likeness (QED) is 0.605. The van der Waals surface area contributed by atoms with Crippen LogP contribution in [0.3, 0.4) is 0 Å². The highest BCUT2D eigenvalue weighted by atomic mass is 16.4. The second-order valence-corrected chi connectivity index (χ2v) is 4.17. The van der Waals surface area contributed by atoms with E-state index in [1.165, 1.54) is 0 Å². The molecule has 1 aliphatic carbocycles. The fourth-order valence-corrected chi connectivity index (χ4v) is 1.64. The van der Waals surface area contributed by atoms with Crippen molar-refractivity contribution in [1.82, 2.24) is 5.32 Å². The molecule has 1 fully saturated rings. The number of rotatable bonds is 5. The molecule has 1 unspecified atom stereocenters. The molecule has 15 heavy (non-hydrogen) atoms. The number of nitrogens with one attached hydrogen (secondary N) is 1. The summed E-state index contributed by atoms with van der Waals surface area (Å²) in [5.74, 6) is -1.08. The minimum absolute atomic E-state index is 0.203. The van der Waals surface area contributed by atoms with Crippen molar-refractivity contribution in [2.75, 3.05) is 6.54 Å². The predicted molar refractivity (Wildman–Crippen MR) is 55.2 cm³/mol. The Balaban J connectivity index is 2.42. The lowest BCUT2D eigenvalue weighted by Crippen LogP contribution is -2.50. The van der Waals surface area contributed by atoms with Crippen molar-refractivity contribution in [3.8, 4) is 0 Å². The monoisotopic (exact) mass is 214 g/mol. The third-order valence-electron chi connectivity index (χ3n) is 3.14. The van der Waals surface area contributed by atoms with Crippen molar-refractivity contribution in [1.29, 1.82) is 0 Å². The van der Waals surface area contributed by atoms with Crippen LogP contribution in [0.15, 0.2) is 0 Å². The fourth-order valence-electron chi connectivity index (χ4n) is 1.64. The molecule has 0 aromatic heterocycles. The summed E-state index contributed by atoms with van der Waals surface area (Å²) in [5, 5.41) is 11.6. The highest BCUT2D eigenvalue weighted by Crippen LogP contribution is 2.40. The van der Waals surface area contributed by atoms with Gasteiger partial charge in [-0.25, -0.2) is 0 Å². The van der Waals surface area contributed by atoms with Gasteiger partial charge in [0.15, 0.2) is 0 Å². The van der Waals surface area contributed by atoms with Crippen molar-refractivity contribution in [3.63, 3.8) is 0 Å². The predicted octanol–water partition coefficient (Wildman–Crippen LogP) is 0.0948. The largest absolute Gasteiger partial charge is 0.481 e. The number of carbonyl (C=O) groups is 2. The van der Waals surface area contributed by atoms with Gasteiger partial charge in [-0.3, -0.25) is 9.59 Å². The molecule has 0 aliphatic heterocycles. The Labute approximate surface area is 89.0 Å². The molecule has 0 spiro atoms. The van der Waals surface area contributed by atoms with Crippen LogP contribution in [-0.4, -0.2) is 29.6 Å². The average molecular weight is 214 g/mol. The molecule has 86 valence electrons. The third kappa shape index (κ3) is 2.47. The highest BCUT2D eigenvalue weighted by molar-refractivity contribution is 5.83. The molecule has 0 bridgehead atoms. The van der Waals surface area contributed by atoms with Gasteiger partial charge in [0.2, 0.25) is 5.91 Å². The van der Waals surface area contributed by atoms with Gasteiger partial charge in [-0.05, 0) is 19.3 Å². The van der Waals surface area contributed by atoms with E-state index in [0.717, 1.165) is 6.42 Å². The normalized spacial score (nSPS) is 20.1. The topological polar surface area (TPSA) is 92.4 Å². The molecular weight excluding hydrogens is 196 g/mol. The van der Waals surface area contributed by atoms with Crippen LogP contribution in [0.2, 0.25) is 0 Å². The zero-order valence-electron chi connectivity index (χ0n) is 8.95. The summed E-state index contributed by atoms with van der Waals surface area (Å²) in [6.07, 6.45) is 2.77. The molecule has 1 rings (SSSR count). The Bertz CT molecular complexity index is 261. The van der Waals surface area contributed by atoms with Crippen molar-refractivity contribution in [2.24, 2.45) is 11.1 Å². The molecule has 5 heteroatoms. The Morgan fingerprint density at radius 2 is 2.13 bits per heavy atom. The van der Waals surface area contributed by atoms with Crippen molar-refractivity contribution in [3.05, 3.63) is 0 Å². The summed E-state index contributed by atoms with van der Waals surface area (Å²) in [4.78, 5) is 22.3. The zero-order chi connectivity index (χ0) is 11.5. The van der Waals surface area contributed by atoms with Gasteiger partial charge in [-0.1, -0.05) is 13.3 Å². The van der Waals surface area contributed by atoms with Crippen molar-refractivity contribution >= 4 is 11.9 Å². The van der Waals surface area contributed by atoms with Gasteiger partial charge >= 0.3 is 5.97 Å². The Kier molecular flexibility index (Phi) is 3.68. The maximum atomic E-state index is 11.4. The van der Waals surface area contributed by atoms with Crippen molar-refractivity contribution < 1.29 is 14.7 Å². The molecule has 0 heterocycles. The van der Waals surface area contributed by atoms with E-state index >= 15 is 0 Å². The molecule has 0 radical (unpaired) electrons. The summed E-state index contributed by atoms with van der Waals surface area (Å²) in [7, 11) is 0.